The lowest BCUT2D eigenvalue weighted by Crippen LogP contribution is -2.37. The maximum absolute atomic E-state index is 12.2. The summed E-state index contributed by atoms with van der Waals surface area (Å²) in [6, 6.07) is -0.0284. The molecule has 1 aliphatic heterocycles. The second-order valence-electron chi connectivity index (χ2n) is 3.88. The fraction of sp³-hybridized carbons (Fsp3) is 0.700. The molecule has 0 bridgehead atoms. The van der Waals surface area contributed by atoms with Crippen LogP contribution in [-0.4, -0.2) is 44.7 Å². The monoisotopic (exact) mass is 241 g/mol. The van der Waals surface area contributed by atoms with Crippen LogP contribution in [0, 0.1) is 0 Å². The van der Waals surface area contributed by atoms with Gasteiger partial charge in [-0.25, -0.2) is 0 Å². The summed E-state index contributed by atoms with van der Waals surface area (Å²) in [7, 11) is 0. The Morgan fingerprint density at radius 1 is 1.69 bits per heavy atom. The van der Waals surface area contributed by atoms with E-state index in [1.807, 2.05) is 6.92 Å². The van der Waals surface area contributed by atoms with Crippen LogP contribution in [-0.2, 0) is 6.42 Å². The van der Waals surface area contributed by atoms with Crippen molar-refractivity contribution in [1.82, 2.24) is 14.5 Å². The van der Waals surface area contributed by atoms with Crippen LogP contribution in [0.25, 0.3) is 0 Å². The van der Waals surface area contributed by atoms with Crippen molar-refractivity contribution in [1.29, 1.82) is 0 Å². The van der Waals surface area contributed by atoms with E-state index in [0.717, 1.165) is 43.0 Å². The Hall–Kier alpha value is -1.01. The molecule has 1 aliphatic rings. The molecule has 5 nitrogen and oxygen atoms in total. The molecule has 16 heavy (non-hydrogen) atoms. The lowest BCUT2D eigenvalue weighted by atomic mass is 10.2. The number of aliphatic hydroxyl groups is 1. The van der Waals surface area contributed by atoms with Gasteiger partial charge >= 0.3 is 0 Å². The molecule has 1 N–H and O–H groups in total. The first-order valence-electron chi connectivity index (χ1n) is 5.51. The van der Waals surface area contributed by atoms with Gasteiger partial charge in [-0.1, -0.05) is 11.4 Å². The van der Waals surface area contributed by atoms with Gasteiger partial charge in [-0.05, 0) is 30.8 Å². The van der Waals surface area contributed by atoms with E-state index in [4.69, 9.17) is 0 Å². The van der Waals surface area contributed by atoms with Crippen molar-refractivity contribution in [2.75, 3.05) is 13.2 Å². The maximum Gasteiger partial charge on any atom is 0.267 e. The molecular weight excluding hydrogens is 226 g/mol. The number of carbonyl (C=O) groups excluding carboxylic acids is 1. The minimum atomic E-state index is -0.0284. The van der Waals surface area contributed by atoms with Crippen molar-refractivity contribution < 1.29 is 9.90 Å². The molecule has 6 heteroatoms. The van der Waals surface area contributed by atoms with Crippen molar-refractivity contribution in [3.8, 4) is 0 Å². The first-order chi connectivity index (χ1) is 7.77. The summed E-state index contributed by atoms with van der Waals surface area (Å²) >= 11 is 1.15. The van der Waals surface area contributed by atoms with Crippen LogP contribution in [0.15, 0.2) is 0 Å². The zero-order chi connectivity index (χ0) is 11.5. The second kappa shape index (κ2) is 4.88. The number of carbonyl (C=O) groups is 1. The van der Waals surface area contributed by atoms with Gasteiger partial charge in [-0.15, -0.1) is 5.10 Å². The summed E-state index contributed by atoms with van der Waals surface area (Å²) in [5.74, 6) is -0.0246. The average Bonchev–Trinajstić information content (AvgIpc) is 2.96. The van der Waals surface area contributed by atoms with Gasteiger partial charge in [0.05, 0.1) is 18.3 Å². The number of amides is 1. The van der Waals surface area contributed by atoms with Gasteiger partial charge in [0.2, 0.25) is 0 Å². The van der Waals surface area contributed by atoms with Crippen LogP contribution >= 0.6 is 11.5 Å². The van der Waals surface area contributed by atoms with E-state index >= 15 is 0 Å². The minimum Gasteiger partial charge on any atom is -0.394 e. The van der Waals surface area contributed by atoms with Crippen molar-refractivity contribution >= 4 is 17.4 Å². The van der Waals surface area contributed by atoms with E-state index in [2.05, 4.69) is 9.59 Å². The highest BCUT2D eigenvalue weighted by molar-refractivity contribution is 7.08. The highest BCUT2D eigenvalue weighted by Gasteiger charge is 2.31. The predicted molar refractivity (Wildman–Crippen MR) is 60.4 cm³/mol. The fourth-order valence-electron chi connectivity index (χ4n) is 2.03. The molecule has 0 aliphatic carbocycles. The van der Waals surface area contributed by atoms with Crippen LogP contribution in [0.4, 0.5) is 0 Å². The number of nitrogens with zero attached hydrogens (tertiary/aromatic N) is 3. The van der Waals surface area contributed by atoms with E-state index in [1.54, 1.807) is 4.90 Å². The summed E-state index contributed by atoms with van der Waals surface area (Å²) in [6.45, 7) is 2.73. The first kappa shape index (κ1) is 11.5. The molecule has 0 saturated carbocycles. The molecule has 0 aromatic carbocycles. The van der Waals surface area contributed by atoms with Crippen molar-refractivity contribution in [2.24, 2.45) is 0 Å². The number of hydrogen-bond acceptors (Lipinski definition) is 5. The summed E-state index contributed by atoms with van der Waals surface area (Å²) in [6.07, 6.45) is 2.57. The lowest BCUT2D eigenvalue weighted by Gasteiger charge is -2.22. The Morgan fingerprint density at radius 2 is 2.50 bits per heavy atom. The Bertz CT molecular complexity index is 380. The number of likely N-dealkylation sites (tertiary alicyclic amines) is 1. The summed E-state index contributed by atoms with van der Waals surface area (Å²) < 4.78 is 3.82. The third-order valence-corrected chi connectivity index (χ3v) is 3.69. The molecule has 1 fully saturated rings. The van der Waals surface area contributed by atoms with Gasteiger partial charge in [0.25, 0.3) is 5.91 Å². The predicted octanol–water partition coefficient (Wildman–Crippen LogP) is 0.697. The normalized spacial score (nSPS) is 20.4. The highest BCUT2D eigenvalue weighted by Crippen LogP contribution is 2.22. The number of hydrogen-bond donors (Lipinski definition) is 1. The summed E-state index contributed by atoms with van der Waals surface area (Å²) in [5, 5.41) is 13.1. The van der Waals surface area contributed by atoms with Gasteiger partial charge in [0.1, 0.15) is 4.88 Å². The van der Waals surface area contributed by atoms with Crippen LogP contribution < -0.4 is 0 Å². The highest BCUT2D eigenvalue weighted by atomic mass is 32.1. The van der Waals surface area contributed by atoms with E-state index in [9.17, 15) is 9.90 Å². The van der Waals surface area contributed by atoms with Crippen LogP contribution in [0.3, 0.4) is 0 Å². The molecule has 2 rings (SSSR count). The van der Waals surface area contributed by atoms with Gasteiger partial charge in [0.15, 0.2) is 0 Å². The summed E-state index contributed by atoms with van der Waals surface area (Å²) in [4.78, 5) is 14.6. The molecule has 88 valence electrons. The maximum atomic E-state index is 12.2. The number of aromatic nitrogens is 2. The molecule has 0 spiro atoms. The smallest absolute Gasteiger partial charge is 0.267 e. The number of aliphatic hydroxyl groups excluding tert-OH is 1. The van der Waals surface area contributed by atoms with Gasteiger partial charge in [-0.3, -0.25) is 4.79 Å². The quantitative estimate of drug-likeness (QED) is 0.846. The number of rotatable bonds is 3. The molecule has 1 aromatic heterocycles. The Kier molecular flexibility index (Phi) is 3.50. The number of aryl methyl sites for hydroxylation is 1. The van der Waals surface area contributed by atoms with Crippen LogP contribution in [0.1, 0.15) is 35.1 Å². The first-order valence-corrected chi connectivity index (χ1v) is 6.28. The lowest BCUT2D eigenvalue weighted by molar-refractivity contribution is 0.0681. The van der Waals surface area contributed by atoms with Crippen LogP contribution in [0.5, 0.6) is 0 Å². The largest absolute Gasteiger partial charge is 0.394 e. The van der Waals surface area contributed by atoms with E-state index in [-0.39, 0.29) is 18.6 Å². The third-order valence-electron chi connectivity index (χ3n) is 2.93. The van der Waals surface area contributed by atoms with Crippen molar-refractivity contribution in [2.45, 2.75) is 32.2 Å². The molecular formula is C10H15N3O2S. The minimum absolute atomic E-state index is 0.0246. The molecule has 2 heterocycles. The van der Waals surface area contributed by atoms with Crippen LogP contribution in [0.2, 0.25) is 0 Å². The Balaban J connectivity index is 2.18. The van der Waals surface area contributed by atoms with E-state index < -0.39 is 0 Å². The molecule has 1 aromatic rings. The standard InChI is InChI=1S/C10H15N3O2S/c1-2-8-9(16-12-11-8)10(15)13-5-3-4-7(13)6-14/h7,14H,2-6H2,1H3. The zero-order valence-electron chi connectivity index (χ0n) is 9.22. The van der Waals surface area contributed by atoms with Crippen molar-refractivity contribution in [3.63, 3.8) is 0 Å². The van der Waals surface area contributed by atoms with Gasteiger partial charge in [0, 0.05) is 6.54 Å². The molecule has 1 atom stereocenters. The second-order valence-corrected chi connectivity index (χ2v) is 4.63. The Labute approximate surface area is 98.2 Å². The SMILES string of the molecule is CCc1nnsc1C(=O)N1CCCC1CO. The van der Waals surface area contributed by atoms with Crippen molar-refractivity contribution in [3.05, 3.63) is 10.6 Å². The molecule has 1 amide bonds. The Morgan fingerprint density at radius 3 is 3.19 bits per heavy atom. The van der Waals surface area contributed by atoms with E-state index in [0.29, 0.717) is 4.88 Å². The third kappa shape index (κ3) is 1.94. The van der Waals surface area contributed by atoms with E-state index in [1.165, 1.54) is 0 Å². The van der Waals surface area contributed by atoms with Gasteiger partial charge < -0.3 is 10.0 Å². The molecule has 0 radical (unpaired) electrons. The fourth-order valence-corrected chi connectivity index (χ4v) is 2.73. The molecule has 1 unspecified atom stereocenters. The van der Waals surface area contributed by atoms with Gasteiger partial charge in [-0.2, -0.15) is 0 Å². The zero-order valence-corrected chi connectivity index (χ0v) is 10.0. The average molecular weight is 241 g/mol. The summed E-state index contributed by atoms with van der Waals surface area (Å²) in [5.41, 5.74) is 0.763. The molecule has 1 saturated heterocycles. The topological polar surface area (TPSA) is 66.3 Å².